The summed E-state index contributed by atoms with van der Waals surface area (Å²) in [4.78, 5) is 17.4. The van der Waals surface area contributed by atoms with Crippen LogP contribution >= 0.6 is 11.3 Å². The summed E-state index contributed by atoms with van der Waals surface area (Å²) in [5, 5.41) is 4.73. The summed E-state index contributed by atoms with van der Waals surface area (Å²) in [5.41, 5.74) is 9.50. The molecule has 1 aliphatic rings. The lowest BCUT2D eigenvalue weighted by molar-refractivity contribution is 0.0738. The third kappa shape index (κ3) is 2.60. The molecule has 2 aromatic rings. The van der Waals surface area contributed by atoms with Crippen molar-refractivity contribution in [2.45, 2.75) is 18.9 Å². The van der Waals surface area contributed by atoms with Crippen LogP contribution in [0.25, 0.3) is 10.2 Å². The summed E-state index contributed by atoms with van der Waals surface area (Å²) in [7, 11) is 0. The van der Waals surface area contributed by atoms with Gasteiger partial charge in [-0.2, -0.15) is 0 Å². The van der Waals surface area contributed by atoms with Gasteiger partial charge >= 0.3 is 0 Å². The van der Waals surface area contributed by atoms with Crippen LogP contribution in [0, 0.1) is 0 Å². The predicted molar refractivity (Wildman–Crippen MR) is 75.9 cm³/mol. The molecule has 3 heterocycles. The lowest BCUT2D eigenvalue weighted by Gasteiger charge is -2.30. The molecule has 2 aromatic heterocycles. The quantitative estimate of drug-likeness (QED) is 0.869. The number of hydrazine groups is 1. The molecule has 1 saturated heterocycles. The van der Waals surface area contributed by atoms with Crippen molar-refractivity contribution < 1.29 is 4.79 Å². The Hall–Kier alpha value is -1.50. The summed E-state index contributed by atoms with van der Waals surface area (Å²) in [6.07, 6.45) is 3.59. The van der Waals surface area contributed by atoms with E-state index < -0.39 is 0 Å². The smallest absolute Gasteiger partial charge is 0.267 e. The Morgan fingerprint density at radius 1 is 1.47 bits per heavy atom. The van der Waals surface area contributed by atoms with E-state index in [0.29, 0.717) is 5.56 Å². The van der Waals surface area contributed by atoms with Crippen molar-refractivity contribution in [1.82, 2.24) is 15.4 Å². The van der Waals surface area contributed by atoms with Gasteiger partial charge in [0.15, 0.2) is 0 Å². The molecule has 3 rings (SSSR count). The van der Waals surface area contributed by atoms with Gasteiger partial charge in [-0.3, -0.25) is 10.2 Å². The highest BCUT2D eigenvalue weighted by Gasteiger charge is 2.19. The van der Waals surface area contributed by atoms with Gasteiger partial charge in [-0.05, 0) is 25.0 Å². The minimum atomic E-state index is -0.0604. The Kier molecular flexibility index (Phi) is 3.46. The number of carbonyl (C=O) groups is 1. The Bertz CT molecular complexity index is 589. The van der Waals surface area contributed by atoms with Crippen molar-refractivity contribution in [2.75, 3.05) is 13.1 Å². The number of nitrogens with two attached hydrogens (primary N) is 1. The highest BCUT2D eigenvalue weighted by molar-refractivity contribution is 7.17. The van der Waals surface area contributed by atoms with Gasteiger partial charge in [-0.1, -0.05) is 0 Å². The number of fused-ring (bicyclic) bond motifs is 1. The molecule has 0 atom stereocenters. The zero-order valence-corrected chi connectivity index (χ0v) is 11.3. The van der Waals surface area contributed by atoms with E-state index in [1.807, 2.05) is 22.5 Å². The maximum Gasteiger partial charge on any atom is 0.267 e. The molecule has 100 valence electrons. The molecule has 0 radical (unpaired) electrons. The monoisotopic (exact) mass is 276 g/mol. The third-order valence-corrected chi connectivity index (χ3v) is 4.30. The van der Waals surface area contributed by atoms with Crippen LogP contribution in [0.4, 0.5) is 0 Å². The van der Waals surface area contributed by atoms with Gasteiger partial charge in [-0.25, -0.2) is 9.99 Å². The van der Waals surface area contributed by atoms with Gasteiger partial charge in [0.25, 0.3) is 5.91 Å². The maximum absolute atomic E-state index is 12.3. The van der Waals surface area contributed by atoms with Crippen LogP contribution in [0.3, 0.4) is 0 Å². The van der Waals surface area contributed by atoms with Gasteiger partial charge in [0.05, 0.1) is 5.56 Å². The second-order valence-electron chi connectivity index (χ2n) is 4.77. The fraction of sp³-hybridized carbons (Fsp3) is 0.385. The molecule has 0 bridgehead atoms. The van der Waals surface area contributed by atoms with Crippen molar-refractivity contribution in [1.29, 1.82) is 0 Å². The summed E-state index contributed by atoms with van der Waals surface area (Å²) in [5.74, 6) is -0.0604. The first-order valence-electron chi connectivity index (χ1n) is 6.38. The molecule has 19 heavy (non-hydrogen) atoms. The fourth-order valence-electron chi connectivity index (χ4n) is 2.26. The van der Waals surface area contributed by atoms with Crippen LogP contribution in [0.15, 0.2) is 23.7 Å². The highest BCUT2D eigenvalue weighted by Crippen LogP contribution is 2.23. The average Bonchev–Trinajstić information content (AvgIpc) is 2.85. The van der Waals surface area contributed by atoms with Gasteiger partial charge < -0.3 is 5.73 Å². The Morgan fingerprint density at radius 2 is 2.26 bits per heavy atom. The van der Waals surface area contributed by atoms with Gasteiger partial charge in [0.1, 0.15) is 4.83 Å². The van der Waals surface area contributed by atoms with Gasteiger partial charge in [-0.15, -0.1) is 11.3 Å². The molecule has 0 saturated carbocycles. The number of carbonyl (C=O) groups excluding carboxylic acids is 1. The number of thiophene rings is 1. The zero-order valence-electron chi connectivity index (χ0n) is 10.5. The van der Waals surface area contributed by atoms with E-state index in [1.54, 1.807) is 6.20 Å². The number of amides is 1. The Balaban J connectivity index is 1.73. The van der Waals surface area contributed by atoms with Crippen molar-refractivity contribution in [2.24, 2.45) is 5.73 Å². The molecule has 0 aliphatic carbocycles. The number of pyridine rings is 1. The maximum atomic E-state index is 12.3. The van der Waals surface area contributed by atoms with Crippen LogP contribution < -0.4 is 11.2 Å². The minimum Gasteiger partial charge on any atom is -0.328 e. The Morgan fingerprint density at radius 3 is 3.05 bits per heavy atom. The van der Waals surface area contributed by atoms with E-state index in [0.717, 1.165) is 36.1 Å². The average molecular weight is 276 g/mol. The van der Waals surface area contributed by atoms with E-state index in [1.165, 1.54) is 11.3 Å². The first-order valence-corrected chi connectivity index (χ1v) is 7.26. The summed E-state index contributed by atoms with van der Waals surface area (Å²) in [6.45, 7) is 1.63. The number of hydrogen-bond acceptors (Lipinski definition) is 5. The number of hydrogen-bond donors (Lipinski definition) is 2. The number of piperidine rings is 1. The van der Waals surface area contributed by atoms with Crippen molar-refractivity contribution in [3.8, 4) is 0 Å². The molecular weight excluding hydrogens is 260 g/mol. The third-order valence-electron chi connectivity index (χ3n) is 3.39. The van der Waals surface area contributed by atoms with E-state index in [2.05, 4.69) is 10.4 Å². The minimum absolute atomic E-state index is 0.0604. The topological polar surface area (TPSA) is 71.2 Å². The van der Waals surface area contributed by atoms with Crippen LogP contribution in [0.1, 0.15) is 23.2 Å². The SMILES string of the molecule is NC1CCN(NC(=O)c2csc3ncccc23)CC1. The van der Waals surface area contributed by atoms with Crippen LogP contribution in [0.2, 0.25) is 0 Å². The van der Waals surface area contributed by atoms with Gasteiger partial charge in [0, 0.05) is 36.1 Å². The highest BCUT2D eigenvalue weighted by atomic mass is 32.1. The predicted octanol–water partition coefficient (Wildman–Crippen LogP) is 1.36. The van der Waals surface area contributed by atoms with Crippen LogP contribution in [-0.2, 0) is 0 Å². The van der Waals surface area contributed by atoms with Gasteiger partial charge in [0.2, 0.25) is 0 Å². The summed E-state index contributed by atoms with van der Waals surface area (Å²) < 4.78 is 0. The van der Waals surface area contributed by atoms with E-state index >= 15 is 0 Å². The molecule has 0 aromatic carbocycles. The van der Waals surface area contributed by atoms with E-state index in [4.69, 9.17) is 5.73 Å². The molecular formula is C13H16N4OS. The molecule has 5 nitrogen and oxygen atoms in total. The fourth-order valence-corrected chi connectivity index (χ4v) is 3.15. The molecule has 1 aliphatic heterocycles. The molecule has 0 unspecified atom stereocenters. The van der Waals surface area contributed by atoms with E-state index in [9.17, 15) is 4.79 Å². The number of nitrogens with zero attached hydrogens (tertiary/aromatic N) is 2. The number of rotatable bonds is 2. The molecule has 6 heteroatoms. The lowest BCUT2D eigenvalue weighted by atomic mass is 10.1. The first kappa shape index (κ1) is 12.5. The number of aromatic nitrogens is 1. The standard InChI is InChI=1S/C13H16N4OS/c14-9-3-6-17(7-4-9)16-12(18)11-8-19-13-10(11)2-1-5-15-13/h1-2,5,8-9H,3-4,6-7,14H2,(H,16,18). The molecule has 1 fully saturated rings. The summed E-state index contributed by atoms with van der Waals surface area (Å²) >= 11 is 1.49. The van der Waals surface area contributed by atoms with Crippen molar-refractivity contribution >= 4 is 27.5 Å². The molecule has 1 amide bonds. The Labute approximate surface area is 115 Å². The lowest BCUT2D eigenvalue weighted by Crippen LogP contribution is -2.49. The van der Waals surface area contributed by atoms with Crippen LogP contribution in [0.5, 0.6) is 0 Å². The largest absolute Gasteiger partial charge is 0.328 e. The normalized spacial score (nSPS) is 17.7. The number of nitrogens with one attached hydrogen (secondary N) is 1. The molecule has 3 N–H and O–H groups in total. The van der Waals surface area contributed by atoms with Crippen molar-refractivity contribution in [3.05, 3.63) is 29.3 Å². The summed E-state index contributed by atoms with van der Waals surface area (Å²) in [6, 6.07) is 4.05. The molecule has 0 spiro atoms. The second kappa shape index (κ2) is 5.24. The van der Waals surface area contributed by atoms with E-state index in [-0.39, 0.29) is 11.9 Å². The van der Waals surface area contributed by atoms with Crippen molar-refractivity contribution in [3.63, 3.8) is 0 Å². The van der Waals surface area contributed by atoms with Crippen LogP contribution in [-0.4, -0.2) is 35.0 Å². The zero-order chi connectivity index (χ0) is 13.2. The first-order chi connectivity index (χ1) is 9.24. The second-order valence-corrected chi connectivity index (χ2v) is 5.63.